The highest BCUT2D eigenvalue weighted by Crippen LogP contribution is 2.20. The second kappa shape index (κ2) is 5.01. The highest BCUT2D eigenvalue weighted by Gasteiger charge is 2.24. The Morgan fingerprint density at radius 2 is 2.35 bits per heavy atom. The third-order valence-electron chi connectivity index (χ3n) is 2.62. The van der Waals surface area contributed by atoms with Crippen molar-refractivity contribution in [3.8, 4) is 0 Å². The average Bonchev–Trinajstić information content (AvgIpc) is 2.70. The van der Waals surface area contributed by atoms with E-state index in [0.29, 0.717) is 29.7 Å². The number of aliphatic hydroxyl groups excluding tert-OH is 1. The van der Waals surface area contributed by atoms with Gasteiger partial charge in [0.05, 0.1) is 10.6 Å². The molecule has 0 bridgehead atoms. The number of nitrogens with zero attached hydrogens (tertiary/aromatic N) is 1. The molecule has 1 heterocycles. The van der Waals surface area contributed by atoms with Crippen LogP contribution in [0.4, 0.5) is 14.9 Å². The lowest BCUT2D eigenvalue weighted by molar-refractivity contribution is 0.176. The van der Waals surface area contributed by atoms with Gasteiger partial charge in [0.1, 0.15) is 5.82 Å². The number of rotatable bonds is 1. The fourth-order valence-electron chi connectivity index (χ4n) is 1.70. The van der Waals surface area contributed by atoms with Crippen LogP contribution in [0, 0.1) is 5.82 Å². The first-order valence-electron chi connectivity index (χ1n) is 5.25. The van der Waals surface area contributed by atoms with E-state index in [-0.39, 0.29) is 11.8 Å². The van der Waals surface area contributed by atoms with Crippen LogP contribution in [0.5, 0.6) is 0 Å². The first kappa shape index (κ1) is 12.3. The lowest BCUT2D eigenvalue weighted by atomic mass is 10.3. The summed E-state index contributed by atoms with van der Waals surface area (Å²) in [6.07, 6.45) is 0.154. The molecule has 0 saturated carbocycles. The standard InChI is InChI=1S/C11H12BrFN2O2/c12-9-5-7(1-2-10(9)13)14-11(17)15-4-3-8(16)6-15/h1-2,5,8,16H,3-4,6H2,(H,14,17)/t8-/m0/s1. The summed E-state index contributed by atoms with van der Waals surface area (Å²) in [4.78, 5) is 13.3. The molecule has 1 aromatic carbocycles. The van der Waals surface area contributed by atoms with Crippen LogP contribution in [-0.2, 0) is 0 Å². The van der Waals surface area contributed by atoms with Crippen LogP contribution in [0.15, 0.2) is 22.7 Å². The zero-order valence-electron chi connectivity index (χ0n) is 8.99. The number of urea groups is 1. The largest absolute Gasteiger partial charge is 0.391 e. The van der Waals surface area contributed by atoms with Crippen LogP contribution < -0.4 is 5.32 Å². The van der Waals surface area contributed by atoms with Crippen LogP contribution >= 0.6 is 15.9 Å². The molecule has 0 unspecified atom stereocenters. The minimum Gasteiger partial charge on any atom is -0.391 e. The van der Waals surface area contributed by atoms with Gasteiger partial charge >= 0.3 is 6.03 Å². The SMILES string of the molecule is O=C(Nc1ccc(F)c(Br)c1)N1CC[C@H](O)C1. The fraction of sp³-hybridized carbons (Fsp3) is 0.364. The quantitative estimate of drug-likeness (QED) is 0.835. The van der Waals surface area contributed by atoms with Crippen LogP contribution in [0.3, 0.4) is 0 Å². The molecule has 2 rings (SSSR count). The molecule has 4 nitrogen and oxygen atoms in total. The number of hydrogen-bond acceptors (Lipinski definition) is 2. The maximum absolute atomic E-state index is 13.0. The van der Waals surface area contributed by atoms with Crippen molar-refractivity contribution in [3.05, 3.63) is 28.5 Å². The molecule has 92 valence electrons. The number of carbonyl (C=O) groups is 1. The van der Waals surface area contributed by atoms with Crippen LogP contribution in [0.1, 0.15) is 6.42 Å². The third kappa shape index (κ3) is 2.95. The predicted molar refractivity (Wildman–Crippen MR) is 65.3 cm³/mol. The van der Waals surface area contributed by atoms with E-state index < -0.39 is 6.10 Å². The van der Waals surface area contributed by atoms with Gasteiger partial charge in [-0.3, -0.25) is 0 Å². The van der Waals surface area contributed by atoms with E-state index in [9.17, 15) is 14.3 Å². The van der Waals surface area contributed by atoms with Crippen molar-refractivity contribution in [3.63, 3.8) is 0 Å². The molecule has 2 N–H and O–H groups in total. The lowest BCUT2D eigenvalue weighted by Gasteiger charge is -2.16. The van der Waals surface area contributed by atoms with Gasteiger partial charge in [0, 0.05) is 18.8 Å². The Kier molecular flexibility index (Phi) is 3.63. The van der Waals surface area contributed by atoms with Gasteiger partial charge in [-0.1, -0.05) is 0 Å². The van der Waals surface area contributed by atoms with Crippen LogP contribution in [0.25, 0.3) is 0 Å². The molecule has 0 aliphatic carbocycles. The van der Waals surface area contributed by atoms with Gasteiger partial charge in [-0.05, 0) is 40.5 Å². The van der Waals surface area contributed by atoms with E-state index >= 15 is 0 Å². The lowest BCUT2D eigenvalue weighted by Crippen LogP contribution is -2.33. The molecule has 1 atom stereocenters. The molecule has 1 aromatic rings. The summed E-state index contributed by atoms with van der Waals surface area (Å²) in [6.45, 7) is 0.879. The summed E-state index contributed by atoms with van der Waals surface area (Å²) in [7, 11) is 0. The van der Waals surface area contributed by atoms with Crippen molar-refractivity contribution >= 4 is 27.6 Å². The highest BCUT2D eigenvalue weighted by atomic mass is 79.9. The number of β-amino-alcohol motifs (C(OH)–C–C–N with tert-alkyl or cyclic N) is 1. The number of anilines is 1. The number of benzene rings is 1. The Bertz CT molecular complexity index is 441. The van der Waals surface area contributed by atoms with Crippen molar-refractivity contribution in [2.75, 3.05) is 18.4 Å². The second-order valence-corrected chi connectivity index (χ2v) is 4.80. The Balaban J connectivity index is 2.00. The van der Waals surface area contributed by atoms with Crippen molar-refractivity contribution < 1.29 is 14.3 Å². The third-order valence-corrected chi connectivity index (χ3v) is 3.23. The zero-order valence-corrected chi connectivity index (χ0v) is 10.6. The van der Waals surface area contributed by atoms with Crippen molar-refractivity contribution in [2.24, 2.45) is 0 Å². The van der Waals surface area contributed by atoms with Gasteiger partial charge in [0.15, 0.2) is 0 Å². The minimum atomic E-state index is -0.444. The molecule has 1 fully saturated rings. The number of likely N-dealkylation sites (tertiary alicyclic amines) is 1. The number of halogens is 2. The number of nitrogens with one attached hydrogen (secondary N) is 1. The zero-order chi connectivity index (χ0) is 12.4. The van der Waals surface area contributed by atoms with Crippen molar-refractivity contribution in [1.82, 2.24) is 4.90 Å². The maximum atomic E-state index is 13.0. The van der Waals surface area contributed by atoms with Crippen molar-refractivity contribution in [2.45, 2.75) is 12.5 Å². The fourth-order valence-corrected chi connectivity index (χ4v) is 2.08. The molecule has 0 radical (unpaired) electrons. The highest BCUT2D eigenvalue weighted by molar-refractivity contribution is 9.10. The molecule has 6 heteroatoms. The molecule has 2 amide bonds. The minimum absolute atomic E-state index is 0.278. The number of carbonyl (C=O) groups excluding carboxylic acids is 1. The van der Waals surface area contributed by atoms with Gasteiger partial charge in [-0.25, -0.2) is 9.18 Å². The summed E-state index contributed by atoms with van der Waals surface area (Å²) in [6, 6.07) is 3.99. The first-order chi connectivity index (χ1) is 8.06. The van der Waals surface area contributed by atoms with E-state index in [2.05, 4.69) is 21.2 Å². The number of amides is 2. The van der Waals surface area contributed by atoms with Gasteiger partial charge in [-0.15, -0.1) is 0 Å². The van der Waals surface area contributed by atoms with E-state index in [1.165, 1.54) is 23.1 Å². The molecular formula is C11H12BrFN2O2. The summed E-state index contributed by atoms with van der Waals surface area (Å²) in [5.74, 6) is -0.375. The van der Waals surface area contributed by atoms with E-state index in [1.54, 1.807) is 0 Å². The van der Waals surface area contributed by atoms with E-state index in [4.69, 9.17) is 0 Å². The van der Waals surface area contributed by atoms with Gasteiger partial charge < -0.3 is 15.3 Å². The molecule has 0 spiro atoms. The molecule has 1 saturated heterocycles. The van der Waals surface area contributed by atoms with Gasteiger partial charge in [0.2, 0.25) is 0 Å². The van der Waals surface area contributed by atoms with Gasteiger partial charge in [0.25, 0.3) is 0 Å². The maximum Gasteiger partial charge on any atom is 0.321 e. The van der Waals surface area contributed by atoms with Gasteiger partial charge in [-0.2, -0.15) is 0 Å². The smallest absolute Gasteiger partial charge is 0.321 e. The average molecular weight is 303 g/mol. The molecule has 1 aliphatic rings. The van der Waals surface area contributed by atoms with Crippen LogP contribution in [0.2, 0.25) is 0 Å². The molecule has 17 heavy (non-hydrogen) atoms. The Morgan fingerprint density at radius 3 is 2.94 bits per heavy atom. The van der Waals surface area contributed by atoms with Crippen molar-refractivity contribution in [1.29, 1.82) is 0 Å². The first-order valence-corrected chi connectivity index (χ1v) is 6.04. The van der Waals surface area contributed by atoms with E-state index in [1.807, 2.05) is 0 Å². The molecule has 0 aromatic heterocycles. The summed E-state index contributed by atoms with van der Waals surface area (Å²) < 4.78 is 13.3. The number of hydrogen-bond donors (Lipinski definition) is 2. The monoisotopic (exact) mass is 302 g/mol. The van der Waals surface area contributed by atoms with E-state index in [0.717, 1.165) is 0 Å². The normalized spacial score (nSPS) is 19.5. The Morgan fingerprint density at radius 1 is 1.59 bits per heavy atom. The second-order valence-electron chi connectivity index (χ2n) is 3.95. The molecular weight excluding hydrogens is 291 g/mol. The summed E-state index contributed by atoms with van der Waals surface area (Å²) in [5.41, 5.74) is 0.518. The molecule has 1 aliphatic heterocycles. The predicted octanol–water partition coefficient (Wildman–Crippen LogP) is 2.19. The Hall–Kier alpha value is -1.14. The summed E-state index contributed by atoms with van der Waals surface area (Å²) in [5, 5.41) is 12.0. The Labute approximate surface area is 107 Å². The number of aliphatic hydroxyl groups is 1. The summed E-state index contributed by atoms with van der Waals surface area (Å²) >= 11 is 3.05. The topological polar surface area (TPSA) is 52.6 Å². The van der Waals surface area contributed by atoms with Crippen LogP contribution in [-0.4, -0.2) is 35.2 Å².